The molecule has 0 saturated carbocycles. The molecule has 1 aliphatic rings. The zero-order chi connectivity index (χ0) is 26.7. The molecule has 0 aromatic heterocycles. The van der Waals surface area contributed by atoms with Gasteiger partial charge in [0.15, 0.2) is 5.06 Å². The van der Waals surface area contributed by atoms with Gasteiger partial charge in [-0.25, -0.2) is 0 Å². The predicted molar refractivity (Wildman–Crippen MR) is 142 cm³/mol. The van der Waals surface area contributed by atoms with Gasteiger partial charge in [-0.15, -0.1) is 0 Å². The average Bonchev–Trinajstić information content (AvgIpc) is 2.72. The monoisotopic (exact) mass is 530 g/mol. The summed E-state index contributed by atoms with van der Waals surface area (Å²) in [5, 5.41) is 11.3. The van der Waals surface area contributed by atoms with Crippen LogP contribution in [0, 0.1) is 0 Å². The van der Waals surface area contributed by atoms with Gasteiger partial charge in [0.25, 0.3) is 0 Å². The zero-order valence-electron chi connectivity index (χ0n) is 22.9. The van der Waals surface area contributed by atoms with Crippen LogP contribution in [0.4, 0.5) is 0 Å². The van der Waals surface area contributed by atoms with E-state index in [9.17, 15) is 14.2 Å². The third kappa shape index (κ3) is 6.50. The molecule has 0 aliphatic heterocycles. The summed E-state index contributed by atoms with van der Waals surface area (Å²) in [6.45, 7) is 17.6. The number of hydrogen-bond donors (Lipinski definition) is 1. The van der Waals surface area contributed by atoms with Crippen molar-refractivity contribution in [3.63, 3.8) is 0 Å². The van der Waals surface area contributed by atoms with Gasteiger partial charge in [-0.05, 0) is 81.1 Å². The first-order chi connectivity index (χ1) is 16.2. The fourth-order valence-electron chi connectivity index (χ4n) is 4.73. The molecule has 0 heterocycles. The fourth-order valence-corrected chi connectivity index (χ4v) is 9.25. The standard InChI is InChI=1S/C26H44O7P2/c1-10-30-34(28,31-11-2)22(35(29,32-12-3)33-13-4)18-19-17-21(25(5,6)7)24(27)23-20(19)15-14-16-26(23,8)9/h17-18,27H,10-16H2,1-9H3. The minimum absolute atomic E-state index is 0.0980. The zero-order valence-corrected chi connectivity index (χ0v) is 24.7. The number of rotatable bonds is 11. The summed E-state index contributed by atoms with van der Waals surface area (Å²) in [6, 6.07) is 1.90. The number of hydrogen-bond acceptors (Lipinski definition) is 7. The largest absolute Gasteiger partial charge is 0.507 e. The van der Waals surface area contributed by atoms with Crippen LogP contribution in [0.5, 0.6) is 5.75 Å². The highest BCUT2D eigenvalue weighted by atomic mass is 31.2. The second-order valence-corrected chi connectivity index (χ2v) is 14.7. The normalized spacial score (nSPS) is 16.1. The van der Waals surface area contributed by atoms with Crippen molar-refractivity contribution in [3.8, 4) is 5.75 Å². The molecular formula is C26H44O7P2. The first-order valence-corrected chi connectivity index (χ1v) is 15.7. The Bertz CT molecular complexity index is 970. The van der Waals surface area contributed by atoms with E-state index in [2.05, 4.69) is 13.8 Å². The number of aromatic hydroxyl groups is 1. The molecule has 1 N–H and O–H groups in total. The summed E-state index contributed by atoms with van der Waals surface area (Å²) in [7, 11) is -8.05. The minimum Gasteiger partial charge on any atom is -0.507 e. The summed E-state index contributed by atoms with van der Waals surface area (Å²) < 4.78 is 50.7. The maximum atomic E-state index is 14.1. The van der Waals surface area contributed by atoms with Gasteiger partial charge in [0.05, 0.1) is 26.4 Å². The SMILES string of the molecule is CCOP(=O)(OCC)C(=Cc1cc(C(C)(C)C)c(O)c2c1CCCC2(C)C)P(=O)(OCC)OCC. The van der Waals surface area contributed by atoms with E-state index < -0.39 is 15.2 Å². The lowest BCUT2D eigenvalue weighted by molar-refractivity contribution is 0.214. The molecule has 35 heavy (non-hydrogen) atoms. The van der Waals surface area contributed by atoms with Gasteiger partial charge in [-0.3, -0.25) is 9.13 Å². The van der Waals surface area contributed by atoms with E-state index in [1.54, 1.807) is 33.8 Å². The van der Waals surface area contributed by atoms with Crippen LogP contribution in [0.15, 0.2) is 11.1 Å². The van der Waals surface area contributed by atoms with Crippen molar-refractivity contribution in [2.24, 2.45) is 0 Å². The van der Waals surface area contributed by atoms with Crippen LogP contribution >= 0.6 is 15.2 Å². The van der Waals surface area contributed by atoms with Crippen molar-refractivity contribution in [1.82, 2.24) is 0 Å². The number of phenols is 1. The molecule has 0 amide bonds. The molecule has 0 atom stereocenters. The van der Waals surface area contributed by atoms with Crippen LogP contribution in [0.2, 0.25) is 0 Å². The Kier molecular flexibility index (Phi) is 10.1. The summed E-state index contributed by atoms with van der Waals surface area (Å²) in [4.78, 5) is 0. The minimum atomic E-state index is -4.03. The van der Waals surface area contributed by atoms with Gasteiger partial charge in [-0.1, -0.05) is 34.6 Å². The lowest BCUT2D eigenvalue weighted by atomic mass is 9.68. The van der Waals surface area contributed by atoms with Crippen molar-refractivity contribution in [2.75, 3.05) is 26.4 Å². The van der Waals surface area contributed by atoms with Crippen molar-refractivity contribution < 1.29 is 32.3 Å². The van der Waals surface area contributed by atoms with E-state index in [0.717, 1.165) is 41.5 Å². The van der Waals surface area contributed by atoms with Crippen molar-refractivity contribution in [2.45, 2.75) is 92.4 Å². The van der Waals surface area contributed by atoms with Crippen LogP contribution in [0.25, 0.3) is 6.08 Å². The second-order valence-electron chi connectivity index (χ2n) is 10.4. The fraction of sp³-hybridized carbons (Fsp3) is 0.692. The molecule has 0 bridgehead atoms. The van der Waals surface area contributed by atoms with Crippen molar-refractivity contribution in [1.29, 1.82) is 0 Å². The van der Waals surface area contributed by atoms with Gasteiger partial charge in [0.1, 0.15) is 5.75 Å². The molecule has 1 aromatic carbocycles. The number of phenolic OH excluding ortho intramolecular Hbond substituents is 1. The molecule has 0 fully saturated rings. The highest BCUT2D eigenvalue weighted by Gasteiger charge is 2.46. The van der Waals surface area contributed by atoms with E-state index in [4.69, 9.17) is 18.1 Å². The van der Waals surface area contributed by atoms with Gasteiger partial charge < -0.3 is 23.2 Å². The quantitative estimate of drug-likeness (QED) is 0.289. The van der Waals surface area contributed by atoms with Crippen LogP contribution < -0.4 is 0 Å². The van der Waals surface area contributed by atoms with E-state index in [-0.39, 0.29) is 42.3 Å². The smallest absolute Gasteiger partial charge is 0.369 e. The Balaban J connectivity index is 3.02. The third-order valence-corrected chi connectivity index (χ3v) is 11.4. The molecule has 0 saturated heterocycles. The highest BCUT2D eigenvalue weighted by molar-refractivity contribution is 7.79. The molecule has 200 valence electrons. The van der Waals surface area contributed by atoms with Crippen molar-refractivity contribution in [3.05, 3.63) is 33.4 Å². The third-order valence-electron chi connectivity index (χ3n) is 6.20. The van der Waals surface area contributed by atoms with E-state index in [0.29, 0.717) is 5.75 Å². The summed E-state index contributed by atoms with van der Waals surface area (Å²) >= 11 is 0. The second kappa shape index (κ2) is 11.6. The molecular weight excluding hydrogens is 486 g/mol. The topological polar surface area (TPSA) is 91.3 Å². The molecule has 2 rings (SSSR count). The van der Waals surface area contributed by atoms with Crippen LogP contribution in [0.3, 0.4) is 0 Å². The lowest BCUT2D eigenvalue weighted by Crippen LogP contribution is -2.26. The van der Waals surface area contributed by atoms with Gasteiger partial charge in [0.2, 0.25) is 0 Å². The van der Waals surface area contributed by atoms with E-state index in [1.807, 2.05) is 26.8 Å². The summed E-state index contributed by atoms with van der Waals surface area (Å²) in [5.74, 6) is 0.298. The Morgan fingerprint density at radius 3 is 1.83 bits per heavy atom. The van der Waals surface area contributed by atoms with Gasteiger partial charge >= 0.3 is 15.2 Å². The maximum Gasteiger partial charge on any atom is 0.369 e. The molecule has 9 heteroatoms. The first-order valence-electron chi connectivity index (χ1n) is 12.6. The number of benzene rings is 1. The van der Waals surface area contributed by atoms with E-state index in [1.165, 1.54) is 0 Å². The molecule has 1 aromatic rings. The molecule has 1 aliphatic carbocycles. The van der Waals surface area contributed by atoms with Crippen molar-refractivity contribution >= 4 is 21.3 Å². The summed E-state index contributed by atoms with van der Waals surface area (Å²) in [5.41, 5.74) is 2.71. The van der Waals surface area contributed by atoms with Crippen LogP contribution in [0.1, 0.15) is 97.4 Å². The summed E-state index contributed by atoms with van der Waals surface area (Å²) in [6.07, 6.45) is 4.22. The highest BCUT2D eigenvalue weighted by Crippen LogP contribution is 2.74. The average molecular weight is 531 g/mol. The molecule has 0 unspecified atom stereocenters. The van der Waals surface area contributed by atoms with E-state index >= 15 is 0 Å². The molecule has 7 nitrogen and oxygen atoms in total. The lowest BCUT2D eigenvalue weighted by Gasteiger charge is -2.37. The Morgan fingerprint density at radius 1 is 0.971 bits per heavy atom. The number of fused-ring (bicyclic) bond motifs is 1. The van der Waals surface area contributed by atoms with Crippen LogP contribution in [-0.4, -0.2) is 31.5 Å². The first kappa shape index (κ1) is 30.3. The van der Waals surface area contributed by atoms with Gasteiger partial charge in [-0.2, -0.15) is 0 Å². The van der Waals surface area contributed by atoms with Gasteiger partial charge in [0, 0.05) is 11.1 Å². The molecule has 0 spiro atoms. The Labute approximate surface area is 211 Å². The molecule has 0 radical (unpaired) electrons. The van der Waals surface area contributed by atoms with Crippen LogP contribution in [-0.2, 0) is 44.5 Å². The Morgan fingerprint density at radius 2 is 1.43 bits per heavy atom. The maximum absolute atomic E-state index is 14.1. The Hall–Kier alpha value is -0.940. The predicted octanol–water partition coefficient (Wildman–Crippen LogP) is 8.13.